The predicted octanol–water partition coefficient (Wildman–Crippen LogP) is 6.98. The van der Waals surface area contributed by atoms with Crippen molar-refractivity contribution in [3.05, 3.63) is 59.2 Å². The van der Waals surface area contributed by atoms with Crippen molar-refractivity contribution in [1.82, 2.24) is 39.4 Å². The van der Waals surface area contributed by atoms with Crippen molar-refractivity contribution in [3.63, 3.8) is 0 Å². The molecule has 0 amide bonds. The van der Waals surface area contributed by atoms with Crippen molar-refractivity contribution in [2.45, 2.75) is 200 Å². The standard InChI is InChI=1S/C12H15FN5O13P3.C12H12FN5O4.C8H22N2O7P2.2C8H18.CH4/c13-5-1-6(18-7(5)11(15)16-4-17-18)9-8(19)10(20)12(2-14,29-9)3-28-33(24,25)31-34(26,27)30-32(21,22)23;1-15-12(3-19)10(21)8(20)9(22-12)6-2-5(13)7-11(14)16-4-17-18(6)7;1-3-5-7-9-19(16-12,17-15-11,18(13)14)10-8-6-4-2;2*1-3-5-7-8-6-4-2;/h1,4,8-10,19-20H,3H2,(H,24,25)(H,26,27)(H2,15,16,17)(H2,21,22,23);2,4,8-10,19-21H,3H2,(H2,14,16,17);9-12H,3-8H2,1-2H3;2*3-8H2,1-2H3;1H4/t2*8-,9-,10-,12+;;;;/m00..../s1. The molecule has 36 nitrogen and oxygen atoms in total. The number of halogens is 2. The number of hydrogen-bond donors (Lipinski definition) is 15. The third-order valence-electron chi connectivity index (χ3n) is 13.4. The van der Waals surface area contributed by atoms with E-state index in [2.05, 4.69) is 90.4 Å². The van der Waals surface area contributed by atoms with Crippen LogP contribution in [0.4, 0.5) is 20.4 Å². The van der Waals surface area contributed by atoms with Gasteiger partial charge in [0.1, 0.15) is 66.9 Å². The zero-order valence-electron chi connectivity index (χ0n) is 50.9. The summed E-state index contributed by atoms with van der Waals surface area (Å²) in [6.07, 6.45) is 11.6. The van der Waals surface area contributed by atoms with Gasteiger partial charge in [0.05, 0.1) is 11.4 Å². The van der Waals surface area contributed by atoms with Crippen LogP contribution in [-0.4, -0.2) is 147 Å². The van der Waals surface area contributed by atoms with E-state index in [9.17, 15) is 67.6 Å². The van der Waals surface area contributed by atoms with Gasteiger partial charge < -0.3 is 61.3 Å². The molecule has 4 aromatic heterocycles. The normalized spacial score (nSPS) is 23.0. The monoisotopic (exact) mass is 1420 g/mol. The Bertz CT molecular complexity index is 3100. The number of aliphatic hydroxyl groups excluding tert-OH is 5. The summed E-state index contributed by atoms with van der Waals surface area (Å²) in [5, 5.41) is 93.2. The van der Waals surface area contributed by atoms with Crippen LogP contribution in [0, 0.1) is 29.5 Å². The van der Waals surface area contributed by atoms with E-state index in [1.807, 2.05) is 13.8 Å². The largest absolute Gasteiger partial charge is 0.490 e. The molecule has 17 N–H and O–H groups in total. The maximum Gasteiger partial charge on any atom is 0.490 e. The molecule has 0 saturated carbocycles. The molecule has 0 radical (unpaired) electrons. The number of nitrogens with two attached hydrogens (primary N) is 2. The number of nitrogen functional groups attached to an aromatic ring is 2. The Hall–Kier alpha value is -3.98. The average Bonchev–Trinajstić information content (AvgIpc) is 1.46. The number of phosphoric acid groups is 3. The molecule has 528 valence electrons. The Kier molecular flexibility index (Phi) is 37.3. The number of nitrogens with one attached hydrogen (secondary N) is 2. The molecule has 3 unspecified atom stereocenters. The number of fused-ring (bicyclic) bond motifs is 2. The molecule has 6 rings (SSSR count). The average molecular weight is 1420 g/mol. The van der Waals surface area contributed by atoms with E-state index in [1.54, 1.807) is 0 Å². The molecule has 0 bridgehead atoms. The smallest absolute Gasteiger partial charge is 0.387 e. The van der Waals surface area contributed by atoms with Crippen molar-refractivity contribution >= 4 is 60.9 Å². The number of hydrogen-bond acceptors (Lipinski definition) is 29. The number of anilines is 2. The predicted molar refractivity (Wildman–Crippen MR) is 325 cm³/mol. The van der Waals surface area contributed by atoms with E-state index in [-0.39, 0.29) is 54.6 Å². The van der Waals surface area contributed by atoms with Crippen molar-refractivity contribution in [2.75, 3.05) is 37.8 Å². The number of unbranched alkanes of at least 4 members (excludes halogenated alkanes) is 12. The Morgan fingerprint density at radius 1 is 0.739 bits per heavy atom. The van der Waals surface area contributed by atoms with Crippen molar-refractivity contribution in [3.8, 4) is 6.07 Å². The number of nitrogens with zero attached hydrogens (tertiary/aromatic N) is 8. The molecule has 2 saturated heterocycles. The van der Waals surface area contributed by atoms with E-state index >= 15 is 0 Å². The number of nitriles is 1. The van der Waals surface area contributed by atoms with Gasteiger partial charge in [-0.15, -0.1) is 0 Å². The third-order valence-corrected chi connectivity index (χ3v) is 23.1. The van der Waals surface area contributed by atoms with Crippen LogP contribution >= 0.6 is 38.2 Å². The first-order chi connectivity index (χ1) is 42.8. The van der Waals surface area contributed by atoms with E-state index in [1.165, 1.54) is 83.1 Å². The molecule has 43 heteroatoms. The fraction of sp³-hybridized carbons (Fsp3) is 0.714. The van der Waals surface area contributed by atoms with Crippen LogP contribution in [0.25, 0.3) is 15.9 Å². The summed E-state index contributed by atoms with van der Waals surface area (Å²) in [5.41, 5.74) is 5.91. The summed E-state index contributed by atoms with van der Waals surface area (Å²) in [6.45, 7) is 18.1. The van der Waals surface area contributed by atoms with Gasteiger partial charge in [0.25, 0.3) is 0 Å². The fourth-order valence-corrected chi connectivity index (χ4v) is 15.3. The quantitative estimate of drug-likeness (QED) is 0.00770. The second-order valence-corrected chi connectivity index (χ2v) is 31.1. The molecule has 92 heavy (non-hydrogen) atoms. The summed E-state index contributed by atoms with van der Waals surface area (Å²) in [7, 11) is -25.6. The van der Waals surface area contributed by atoms with Crippen LogP contribution in [0.15, 0.2) is 24.8 Å². The Morgan fingerprint density at radius 2 is 1.15 bits per heavy atom. The molecule has 6 heterocycles. The second-order valence-electron chi connectivity index (χ2n) is 20.3. The van der Waals surface area contributed by atoms with Crippen molar-refractivity contribution in [1.29, 1.82) is 5.26 Å². The Labute approximate surface area is 531 Å². The topological polar surface area (TPSA) is 552 Å². The maximum absolute atomic E-state index is 14.3. The van der Waals surface area contributed by atoms with Crippen LogP contribution in [0.3, 0.4) is 0 Å². The van der Waals surface area contributed by atoms with Gasteiger partial charge >= 0.3 is 141 Å². The van der Waals surface area contributed by atoms with Crippen molar-refractivity contribution < 1.29 is 125 Å². The number of aliphatic hydroxyl groups is 5. The minimum absolute atomic E-state index is 0. The first-order valence-electron chi connectivity index (χ1n) is 28.6. The van der Waals surface area contributed by atoms with Gasteiger partial charge in [-0.25, -0.2) is 48.0 Å². The fourth-order valence-electron chi connectivity index (χ4n) is 8.58. The van der Waals surface area contributed by atoms with E-state index in [4.69, 9.17) is 52.7 Å². The third kappa shape index (κ3) is 23.4. The molecule has 2 fully saturated rings. The van der Waals surface area contributed by atoms with E-state index < -0.39 is 111 Å². The van der Waals surface area contributed by atoms with Gasteiger partial charge in [0.15, 0.2) is 36.0 Å². The summed E-state index contributed by atoms with van der Waals surface area (Å²) in [6, 6.07) is 3.25. The zero-order valence-corrected chi connectivity index (χ0v) is 55.3. The Balaban J connectivity index is 0.000000633. The zero-order chi connectivity index (χ0) is 69.0. The Morgan fingerprint density at radius 3 is 1.49 bits per heavy atom. The van der Waals surface area contributed by atoms with Gasteiger partial charge in [-0.05, 0) is 0 Å². The maximum atomic E-state index is 14.3. The molecular weight excluding hydrogens is 1330 g/mol. The van der Waals surface area contributed by atoms with Gasteiger partial charge in [-0.2, -0.15) is 24.1 Å². The molecule has 0 aromatic carbocycles. The SMILES string of the molecule is C.CCCCCCCC.CCCCCCCC.CCCCNP(NCCCC)(OO)(OOO)[P+](=O)[O-].N#C[C@]1(COP(=O)(O)OP(=O)(O)OP(=O)(O)O)O[C@@H](c2cc(F)c3c(N)ncnn23)[C@H](O)[C@@H]1O.[C-]#[N+][C@]1(CO)O[C@@H](c2cc(F)c3c(N)ncnn23)[C@H](O)[C@@H]1O. The first kappa shape index (κ1) is 86.0. The summed E-state index contributed by atoms with van der Waals surface area (Å²) in [5.74, 6) is -2.07. The molecular formula is C49H89F2N12O24P5. The van der Waals surface area contributed by atoms with Gasteiger partial charge in [0.2, 0.25) is 5.60 Å². The van der Waals surface area contributed by atoms with Crippen LogP contribution in [0.1, 0.15) is 175 Å². The molecule has 11 atom stereocenters. The van der Waals surface area contributed by atoms with Crippen LogP contribution in [0.2, 0.25) is 0 Å². The summed E-state index contributed by atoms with van der Waals surface area (Å²) < 4.78 is 106. The minimum Gasteiger partial charge on any atom is -0.387 e. The number of aromatic nitrogens is 6. The van der Waals surface area contributed by atoms with Crippen LogP contribution < -0.4 is 26.5 Å². The summed E-state index contributed by atoms with van der Waals surface area (Å²) in [4.78, 5) is 57.6. The van der Waals surface area contributed by atoms with Crippen LogP contribution in [0.5, 0.6) is 0 Å². The molecule has 2 aliphatic rings. The van der Waals surface area contributed by atoms with Crippen molar-refractivity contribution in [2.24, 2.45) is 0 Å². The number of rotatable bonds is 32. The first-order valence-corrected chi connectivity index (χ1v) is 37.1. The van der Waals surface area contributed by atoms with Gasteiger partial charge in [-0.1, -0.05) is 112 Å². The van der Waals surface area contributed by atoms with E-state index in [0.717, 1.165) is 46.7 Å². The molecule has 0 aliphatic carbocycles. The second kappa shape index (κ2) is 39.9. The summed E-state index contributed by atoms with van der Waals surface area (Å²) >= 11 is 0. The van der Waals surface area contributed by atoms with E-state index in [0.29, 0.717) is 12.8 Å². The number of ether oxygens (including phenoxy) is 2. The minimum atomic E-state index is -5.85. The van der Waals surface area contributed by atoms with Gasteiger partial charge in [-0.3, -0.25) is 14.1 Å². The van der Waals surface area contributed by atoms with Gasteiger partial charge in [0, 0.05) is 12.1 Å². The molecule has 0 spiro atoms. The van der Waals surface area contributed by atoms with Crippen LogP contribution in [-0.2, 0) is 55.3 Å². The molecule has 4 aromatic rings. The molecule has 2 aliphatic heterocycles. The number of phosphoric ester groups is 1.